The largest absolute Gasteiger partial charge is 0.504 e. The molecule has 0 fully saturated rings. The molecular formula is C24H28O10. The van der Waals surface area contributed by atoms with E-state index in [1.54, 1.807) is 13.0 Å². The maximum absolute atomic E-state index is 12.1. The van der Waals surface area contributed by atoms with Crippen LogP contribution >= 0.6 is 0 Å². The Morgan fingerprint density at radius 2 is 1.74 bits per heavy atom. The first-order valence-electron chi connectivity index (χ1n) is 10.6. The molecule has 0 aromatic heterocycles. The Morgan fingerprint density at radius 3 is 2.32 bits per heavy atom. The second kappa shape index (κ2) is 8.44. The predicted molar refractivity (Wildman–Crippen MR) is 119 cm³/mol. The van der Waals surface area contributed by atoms with Gasteiger partial charge in [-0.15, -0.1) is 0 Å². The van der Waals surface area contributed by atoms with Crippen LogP contribution < -0.4 is 23.7 Å². The van der Waals surface area contributed by atoms with Gasteiger partial charge in [0.05, 0.1) is 27.4 Å². The minimum atomic E-state index is -1.75. The van der Waals surface area contributed by atoms with Crippen LogP contribution in [0.2, 0.25) is 0 Å². The van der Waals surface area contributed by atoms with Crippen molar-refractivity contribution in [3.63, 3.8) is 0 Å². The highest BCUT2D eigenvalue weighted by Gasteiger charge is 2.49. The summed E-state index contributed by atoms with van der Waals surface area (Å²) in [6.45, 7) is 4.24. The molecule has 10 nitrogen and oxygen atoms in total. The van der Waals surface area contributed by atoms with Gasteiger partial charge in [-0.3, -0.25) is 4.79 Å². The van der Waals surface area contributed by atoms with Gasteiger partial charge in [-0.05, 0) is 24.6 Å². The lowest BCUT2D eigenvalue weighted by molar-refractivity contribution is -0.176. The summed E-state index contributed by atoms with van der Waals surface area (Å²) >= 11 is 0. The van der Waals surface area contributed by atoms with Gasteiger partial charge in [0, 0.05) is 29.5 Å². The third kappa shape index (κ3) is 3.36. The number of benzene rings is 2. The number of rotatable bonds is 4. The number of carbonyl (C=O) groups excluding carboxylic acids is 1. The molecule has 3 N–H and O–H groups in total. The average Bonchev–Trinajstić information content (AvgIpc) is 3.27. The third-order valence-electron chi connectivity index (χ3n) is 6.59. The Labute approximate surface area is 196 Å². The summed E-state index contributed by atoms with van der Waals surface area (Å²) in [5.74, 6) is -0.867. The van der Waals surface area contributed by atoms with Gasteiger partial charge in [0.15, 0.2) is 29.1 Å². The summed E-state index contributed by atoms with van der Waals surface area (Å²) in [5, 5.41) is 34.4. The zero-order chi connectivity index (χ0) is 24.9. The van der Waals surface area contributed by atoms with Gasteiger partial charge in [0.1, 0.15) is 5.60 Å². The molecule has 184 valence electrons. The summed E-state index contributed by atoms with van der Waals surface area (Å²) < 4.78 is 33.3. The van der Waals surface area contributed by atoms with Gasteiger partial charge >= 0.3 is 5.97 Å². The molecule has 1 aliphatic carbocycles. The summed E-state index contributed by atoms with van der Waals surface area (Å²) in [6, 6.07) is 3.11. The number of aliphatic hydroxyl groups is 2. The van der Waals surface area contributed by atoms with E-state index in [4.69, 9.17) is 28.4 Å². The summed E-state index contributed by atoms with van der Waals surface area (Å²) in [6.07, 6.45) is -2.56. The highest BCUT2D eigenvalue weighted by atomic mass is 16.7. The van der Waals surface area contributed by atoms with Crippen molar-refractivity contribution in [3.8, 4) is 45.6 Å². The number of aliphatic hydroxyl groups excluding tert-OH is 1. The second-order valence-corrected chi connectivity index (χ2v) is 8.48. The first-order valence-corrected chi connectivity index (χ1v) is 10.6. The molecule has 2 aromatic carbocycles. The van der Waals surface area contributed by atoms with Crippen molar-refractivity contribution in [1.29, 1.82) is 0 Å². The van der Waals surface area contributed by atoms with E-state index in [9.17, 15) is 20.1 Å². The van der Waals surface area contributed by atoms with E-state index in [-0.39, 0.29) is 52.2 Å². The number of carbonyl (C=O) groups is 1. The number of hydrogen-bond acceptors (Lipinski definition) is 10. The van der Waals surface area contributed by atoms with Crippen LogP contribution in [0, 0.1) is 5.92 Å². The van der Waals surface area contributed by atoms with Crippen LogP contribution in [-0.2, 0) is 9.53 Å². The van der Waals surface area contributed by atoms with Crippen LogP contribution in [0.15, 0.2) is 12.1 Å². The van der Waals surface area contributed by atoms with Gasteiger partial charge in [-0.25, -0.2) is 0 Å². The highest BCUT2D eigenvalue weighted by molar-refractivity contribution is 5.89. The van der Waals surface area contributed by atoms with Crippen molar-refractivity contribution in [3.05, 3.63) is 23.3 Å². The van der Waals surface area contributed by atoms with Crippen LogP contribution in [-0.4, -0.2) is 55.0 Å². The molecule has 4 rings (SSSR count). The minimum absolute atomic E-state index is 0.0307. The Hall–Kier alpha value is -3.37. The van der Waals surface area contributed by atoms with Gasteiger partial charge in [-0.2, -0.15) is 0 Å². The first-order chi connectivity index (χ1) is 16.1. The Bertz CT molecular complexity index is 1140. The van der Waals surface area contributed by atoms with Crippen LogP contribution in [0.3, 0.4) is 0 Å². The Morgan fingerprint density at radius 1 is 1.06 bits per heavy atom. The number of fused-ring (bicyclic) bond motifs is 4. The summed E-state index contributed by atoms with van der Waals surface area (Å²) in [4.78, 5) is 12.1. The predicted octanol–water partition coefficient (Wildman–Crippen LogP) is 2.85. The first kappa shape index (κ1) is 23.8. The topological polar surface area (TPSA) is 133 Å². The average molecular weight is 476 g/mol. The molecule has 0 unspecified atom stereocenters. The van der Waals surface area contributed by atoms with Crippen LogP contribution in [0.25, 0.3) is 11.1 Å². The molecule has 2 aromatic rings. The normalized spacial score (nSPS) is 24.9. The molecule has 34 heavy (non-hydrogen) atoms. The summed E-state index contributed by atoms with van der Waals surface area (Å²) in [7, 11) is 4.18. The lowest BCUT2D eigenvalue weighted by atomic mass is 9.71. The van der Waals surface area contributed by atoms with E-state index in [2.05, 4.69) is 0 Å². The molecule has 0 radical (unpaired) electrons. The number of esters is 1. The molecule has 1 heterocycles. The number of phenolic OH excluding ortho intramolecular Hbond substituents is 1. The monoisotopic (exact) mass is 476 g/mol. The number of hydrogen-bond donors (Lipinski definition) is 3. The SMILES string of the molecule is COc1cc2c(c(O)c1OC)-c1c(cc3c(c1OC)OCO3)[C@@H](OC(C)=O)[C@@](C)(O)[C@H](C)[C@@H]2O. The lowest BCUT2D eigenvalue weighted by Gasteiger charge is -2.42. The molecule has 0 bridgehead atoms. The van der Waals surface area contributed by atoms with Crippen molar-refractivity contribution in [1.82, 2.24) is 0 Å². The fraction of sp³-hybridized carbons (Fsp3) is 0.458. The van der Waals surface area contributed by atoms with Gasteiger partial charge in [-0.1, -0.05) is 6.92 Å². The quantitative estimate of drug-likeness (QED) is 0.566. The standard InChI is InChI=1S/C24H28O10/c1-10-18(26)12-7-14(29-4)20(30-5)19(27)16(12)17-13(23(24(10,3)28)34-11(2)25)8-15-21(22(17)31-6)33-9-32-15/h7-8,10,18,23,26-28H,9H2,1-6H3/t10-,18+,23-,24+/m1/s1. The van der Waals surface area contributed by atoms with E-state index in [0.717, 1.165) is 0 Å². The van der Waals surface area contributed by atoms with E-state index in [1.165, 1.54) is 41.2 Å². The van der Waals surface area contributed by atoms with E-state index in [0.29, 0.717) is 11.3 Å². The van der Waals surface area contributed by atoms with E-state index in [1.807, 2.05) is 0 Å². The smallest absolute Gasteiger partial charge is 0.303 e. The Kier molecular flexibility index (Phi) is 5.91. The molecule has 0 saturated heterocycles. The maximum atomic E-state index is 12.1. The molecular weight excluding hydrogens is 448 g/mol. The van der Waals surface area contributed by atoms with Crippen molar-refractivity contribution in [2.75, 3.05) is 28.1 Å². The second-order valence-electron chi connectivity index (χ2n) is 8.48. The molecule has 0 amide bonds. The molecule has 1 aliphatic heterocycles. The molecule has 0 spiro atoms. The van der Waals surface area contributed by atoms with Crippen LogP contribution in [0.5, 0.6) is 34.5 Å². The van der Waals surface area contributed by atoms with Crippen molar-refractivity contribution >= 4 is 5.97 Å². The fourth-order valence-electron chi connectivity index (χ4n) is 4.67. The number of ether oxygens (including phenoxy) is 6. The van der Waals surface area contributed by atoms with E-state index >= 15 is 0 Å². The van der Waals surface area contributed by atoms with Crippen LogP contribution in [0.1, 0.15) is 44.1 Å². The molecule has 10 heteroatoms. The number of methoxy groups -OCH3 is 3. The zero-order valence-electron chi connectivity index (χ0n) is 19.8. The maximum Gasteiger partial charge on any atom is 0.303 e. The van der Waals surface area contributed by atoms with Gasteiger partial charge in [0.25, 0.3) is 0 Å². The van der Waals surface area contributed by atoms with Crippen molar-refractivity contribution in [2.45, 2.75) is 38.6 Å². The number of aromatic hydroxyl groups is 1. The zero-order valence-corrected chi connectivity index (χ0v) is 19.8. The van der Waals surface area contributed by atoms with E-state index < -0.39 is 29.7 Å². The van der Waals surface area contributed by atoms with Gasteiger partial charge in [0.2, 0.25) is 18.3 Å². The van der Waals surface area contributed by atoms with Crippen molar-refractivity contribution < 1.29 is 48.5 Å². The highest BCUT2D eigenvalue weighted by Crippen LogP contribution is 2.60. The Balaban J connectivity index is 2.22. The summed E-state index contributed by atoms with van der Waals surface area (Å²) in [5.41, 5.74) is -0.794. The molecule has 0 saturated carbocycles. The molecule has 2 aliphatic rings. The van der Waals surface area contributed by atoms with Crippen molar-refractivity contribution in [2.24, 2.45) is 5.92 Å². The third-order valence-corrected chi connectivity index (χ3v) is 6.59. The lowest BCUT2D eigenvalue weighted by Crippen LogP contribution is -2.45. The molecule has 4 atom stereocenters. The fourth-order valence-corrected chi connectivity index (χ4v) is 4.67. The van der Waals surface area contributed by atoms with Gasteiger partial charge < -0.3 is 43.7 Å². The van der Waals surface area contributed by atoms with Crippen LogP contribution in [0.4, 0.5) is 0 Å². The minimum Gasteiger partial charge on any atom is -0.504 e. The number of phenols is 1.